The minimum absolute atomic E-state index is 0.148. The van der Waals surface area contributed by atoms with Crippen LogP contribution in [0.2, 0.25) is 0 Å². The van der Waals surface area contributed by atoms with E-state index in [0.717, 1.165) is 30.6 Å². The van der Waals surface area contributed by atoms with E-state index in [-0.39, 0.29) is 12.6 Å². The van der Waals surface area contributed by atoms with Crippen LogP contribution in [0.25, 0.3) is 11.4 Å². The summed E-state index contributed by atoms with van der Waals surface area (Å²) in [6, 6.07) is 9.16. The monoisotopic (exact) mass is 312 g/mol. The normalized spacial score (nSPS) is 18.2. The third-order valence-electron chi connectivity index (χ3n) is 4.17. The predicted octanol–water partition coefficient (Wildman–Crippen LogP) is 1.37. The highest BCUT2D eigenvalue weighted by Gasteiger charge is 2.26. The fraction of sp³-hybridized carbons (Fsp3) is 0.353. The maximum Gasteiger partial charge on any atom is 0.248 e. The van der Waals surface area contributed by atoms with Gasteiger partial charge < -0.3 is 10.8 Å². The number of β-amino-alcohol motifs (C(OH)–C–C–N with tert-alkyl or cyclic N) is 1. The topological polar surface area (TPSA) is 92.3 Å². The quantitative estimate of drug-likeness (QED) is 0.870. The van der Waals surface area contributed by atoms with Crippen LogP contribution in [0.5, 0.6) is 0 Å². The first-order valence-electron chi connectivity index (χ1n) is 7.77. The van der Waals surface area contributed by atoms with Gasteiger partial charge in [-0.05, 0) is 37.6 Å². The highest BCUT2D eigenvalue weighted by molar-refractivity contribution is 5.93. The van der Waals surface area contributed by atoms with Crippen molar-refractivity contribution >= 4 is 5.91 Å². The van der Waals surface area contributed by atoms with Crippen molar-refractivity contribution in [2.75, 3.05) is 19.7 Å². The van der Waals surface area contributed by atoms with Crippen molar-refractivity contribution in [1.82, 2.24) is 14.9 Å². The number of hydrogen-bond donors (Lipinski definition) is 2. The summed E-state index contributed by atoms with van der Waals surface area (Å²) in [4.78, 5) is 22.6. The van der Waals surface area contributed by atoms with Gasteiger partial charge in [-0.25, -0.2) is 9.97 Å². The third-order valence-corrected chi connectivity index (χ3v) is 4.17. The zero-order valence-corrected chi connectivity index (χ0v) is 12.9. The molecule has 23 heavy (non-hydrogen) atoms. The van der Waals surface area contributed by atoms with Crippen molar-refractivity contribution in [3.63, 3.8) is 0 Å². The first kappa shape index (κ1) is 15.6. The van der Waals surface area contributed by atoms with E-state index in [4.69, 9.17) is 5.73 Å². The smallest absolute Gasteiger partial charge is 0.248 e. The average molecular weight is 312 g/mol. The van der Waals surface area contributed by atoms with Crippen molar-refractivity contribution < 1.29 is 9.90 Å². The molecule has 2 aromatic rings. The lowest BCUT2D eigenvalue weighted by atomic mass is 10.1. The molecule has 6 heteroatoms. The molecule has 1 aliphatic heterocycles. The van der Waals surface area contributed by atoms with Crippen molar-refractivity contribution in [3.8, 4) is 11.4 Å². The van der Waals surface area contributed by atoms with Gasteiger partial charge in [0, 0.05) is 23.9 Å². The number of aromatic nitrogens is 2. The molecule has 0 radical (unpaired) electrons. The van der Waals surface area contributed by atoms with E-state index >= 15 is 0 Å². The summed E-state index contributed by atoms with van der Waals surface area (Å²) in [5.41, 5.74) is 7.50. The van der Waals surface area contributed by atoms with Crippen LogP contribution in [0, 0.1) is 0 Å². The molecule has 1 aliphatic rings. The van der Waals surface area contributed by atoms with Gasteiger partial charge in [0.1, 0.15) is 0 Å². The van der Waals surface area contributed by atoms with Gasteiger partial charge in [-0.2, -0.15) is 0 Å². The fourth-order valence-electron chi connectivity index (χ4n) is 3.07. The molecular formula is C17H20N4O2. The molecule has 1 aromatic heterocycles. The summed E-state index contributed by atoms with van der Waals surface area (Å²) >= 11 is 0. The van der Waals surface area contributed by atoms with Crippen molar-refractivity contribution in [3.05, 3.63) is 47.8 Å². The molecule has 1 fully saturated rings. The molecule has 0 spiro atoms. The Bertz CT molecular complexity index is 704. The zero-order chi connectivity index (χ0) is 16.2. The molecule has 1 atom stereocenters. The maximum absolute atomic E-state index is 11.3. The molecule has 1 saturated heterocycles. The lowest BCUT2D eigenvalue weighted by molar-refractivity contribution is 0.100. The molecule has 1 amide bonds. The molecule has 1 aromatic carbocycles. The number of hydrogen-bond acceptors (Lipinski definition) is 5. The molecule has 0 unspecified atom stereocenters. The Morgan fingerprint density at radius 3 is 3.04 bits per heavy atom. The van der Waals surface area contributed by atoms with E-state index in [0.29, 0.717) is 17.9 Å². The van der Waals surface area contributed by atoms with Gasteiger partial charge in [-0.15, -0.1) is 0 Å². The second kappa shape index (κ2) is 6.85. The number of rotatable bonds is 5. The molecule has 6 nitrogen and oxygen atoms in total. The number of carbonyl (C=O) groups excluding carboxylic acids is 1. The van der Waals surface area contributed by atoms with Crippen LogP contribution in [-0.2, 0) is 0 Å². The SMILES string of the molecule is NC(=O)c1cccc(-c2nccc([C@@H]3CCCN3CCO)n2)c1. The van der Waals surface area contributed by atoms with Gasteiger partial charge in [-0.1, -0.05) is 12.1 Å². The fourth-order valence-corrected chi connectivity index (χ4v) is 3.07. The molecule has 0 saturated carbocycles. The van der Waals surface area contributed by atoms with Crippen molar-refractivity contribution in [2.24, 2.45) is 5.73 Å². The van der Waals surface area contributed by atoms with Crippen LogP contribution in [0.1, 0.15) is 34.9 Å². The van der Waals surface area contributed by atoms with Gasteiger partial charge in [0.25, 0.3) is 0 Å². The second-order valence-corrected chi connectivity index (χ2v) is 5.67. The summed E-state index contributed by atoms with van der Waals surface area (Å²) in [7, 11) is 0. The number of aliphatic hydroxyl groups is 1. The van der Waals surface area contributed by atoms with Crippen LogP contribution in [-0.4, -0.2) is 45.6 Å². The summed E-state index contributed by atoms with van der Waals surface area (Å²) in [6.45, 7) is 1.78. The van der Waals surface area contributed by atoms with Gasteiger partial charge in [0.15, 0.2) is 5.82 Å². The summed E-state index contributed by atoms with van der Waals surface area (Å²) in [5, 5.41) is 9.19. The number of carbonyl (C=O) groups is 1. The van der Waals surface area contributed by atoms with Crippen LogP contribution >= 0.6 is 0 Å². The van der Waals surface area contributed by atoms with E-state index in [1.54, 1.807) is 24.4 Å². The molecule has 3 N–H and O–H groups in total. The molecule has 0 bridgehead atoms. The Balaban J connectivity index is 1.91. The average Bonchev–Trinajstić information content (AvgIpc) is 3.04. The van der Waals surface area contributed by atoms with Crippen LogP contribution in [0.4, 0.5) is 0 Å². The summed E-state index contributed by atoms with van der Waals surface area (Å²) in [6.07, 6.45) is 3.86. The number of likely N-dealkylation sites (tertiary alicyclic amines) is 1. The number of benzene rings is 1. The molecule has 0 aliphatic carbocycles. The summed E-state index contributed by atoms with van der Waals surface area (Å²) < 4.78 is 0. The second-order valence-electron chi connectivity index (χ2n) is 5.67. The molecule has 3 rings (SSSR count). The van der Waals surface area contributed by atoms with E-state index in [2.05, 4.69) is 14.9 Å². The van der Waals surface area contributed by atoms with Gasteiger partial charge >= 0.3 is 0 Å². The highest BCUT2D eigenvalue weighted by Crippen LogP contribution is 2.31. The zero-order valence-electron chi connectivity index (χ0n) is 12.9. The minimum atomic E-state index is -0.465. The Labute approximate surface area is 135 Å². The van der Waals surface area contributed by atoms with Crippen LogP contribution in [0.3, 0.4) is 0 Å². The standard InChI is InChI=1S/C17H20N4O2/c18-16(23)12-3-1-4-13(11-12)17-19-7-6-14(20-17)15-5-2-8-21(15)9-10-22/h1,3-4,6-7,11,15,22H,2,5,8-10H2,(H2,18,23)/t15-/m0/s1. The number of primary amides is 1. The highest BCUT2D eigenvalue weighted by atomic mass is 16.3. The van der Waals surface area contributed by atoms with Gasteiger partial charge in [0.05, 0.1) is 18.3 Å². The van der Waals surface area contributed by atoms with E-state index < -0.39 is 5.91 Å². The lowest BCUT2D eigenvalue weighted by Gasteiger charge is -2.23. The predicted molar refractivity (Wildman–Crippen MR) is 86.6 cm³/mol. The first-order valence-corrected chi connectivity index (χ1v) is 7.77. The lowest BCUT2D eigenvalue weighted by Crippen LogP contribution is -2.27. The van der Waals surface area contributed by atoms with E-state index in [1.807, 2.05) is 12.1 Å². The third kappa shape index (κ3) is 3.38. The molecule has 120 valence electrons. The van der Waals surface area contributed by atoms with Crippen molar-refractivity contribution in [2.45, 2.75) is 18.9 Å². The number of nitrogens with zero attached hydrogens (tertiary/aromatic N) is 3. The van der Waals surface area contributed by atoms with Gasteiger partial charge in [-0.3, -0.25) is 9.69 Å². The molecular weight excluding hydrogens is 292 g/mol. The van der Waals surface area contributed by atoms with Crippen molar-refractivity contribution in [1.29, 1.82) is 0 Å². The Kier molecular flexibility index (Phi) is 4.64. The Morgan fingerprint density at radius 1 is 1.39 bits per heavy atom. The maximum atomic E-state index is 11.3. The van der Waals surface area contributed by atoms with Crippen LogP contribution in [0.15, 0.2) is 36.5 Å². The number of nitrogens with two attached hydrogens (primary N) is 1. The first-order chi connectivity index (χ1) is 11.2. The van der Waals surface area contributed by atoms with E-state index in [9.17, 15) is 9.90 Å². The van der Waals surface area contributed by atoms with Crippen LogP contribution < -0.4 is 5.73 Å². The summed E-state index contributed by atoms with van der Waals surface area (Å²) in [5.74, 6) is 0.120. The van der Waals surface area contributed by atoms with E-state index in [1.165, 1.54) is 0 Å². The Morgan fingerprint density at radius 2 is 2.26 bits per heavy atom. The number of aliphatic hydroxyl groups excluding tert-OH is 1. The minimum Gasteiger partial charge on any atom is -0.395 e. The molecule has 2 heterocycles. The largest absolute Gasteiger partial charge is 0.395 e. The Hall–Kier alpha value is -2.31. The number of amides is 1. The van der Waals surface area contributed by atoms with Gasteiger partial charge in [0.2, 0.25) is 5.91 Å².